The number of amidine groups is 1. The van der Waals surface area contributed by atoms with Crippen molar-refractivity contribution in [3.63, 3.8) is 0 Å². The maximum atomic E-state index is 11.0. The standard InChI is InChI=1S/C12H19N7O3/c1-2-21-11(20)8-15-18-16-12(13)9-7-10(17-22-9)19-5-3-14-4-6-19/h7,14H,2-6,8H2,1H3,(H2,13,15,16). The van der Waals surface area contributed by atoms with E-state index < -0.39 is 5.97 Å². The number of nitrogens with one attached hydrogen (secondary N) is 1. The fraction of sp³-hybridized carbons (Fsp3) is 0.583. The van der Waals surface area contributed by atoms with Crippen LogP contribution in [-0.2, 0) is 9.53 Å². The molecule has 0 spiro atoms. The number of esters is 1. The third-order valence-corrected chi connectivity index (χ3v) is 2.91. The van der Waals surface area contributed by atoms with E-state index in [1.165, 1.54) is 0 Å². The molecule has 2 heterocycles. The number of nitrogens with zero attached hydrogens (tertiary/aromatic N) is 5. The summed E-state index contributed by atoms with van der Waals surface area (Å²) in [5, 5.41) is 17.9. The van der Waals surface area contributed by atoms with Crippen molar-refractivity contribution in [2.45, 2.75) is 6.92 Å². The highest BCUT2D eigenvalue weighted by Gasteiger charge is 2.16. The zero-order chi connectivity index (χ0) is 15.8. The Morgan fingerprint density at radius 2 is 2.32 bits per heavy atom. The van der Waals surface area contributed by atoms with Crippen LogP contribution in [0.4, 0.5) is 5.82 Å². The Morgan fingerprint density at radius 1 is 1.55 bits per heavy atom. The zero-order valence-electron chi connectivity index (χ0n) is 12.4. The molecule has 10 nitrogen and oxygen atoms in total. The maximum absolute atomic E-state index is 11.0. The monoisotopic (exact) mass is 309 g/mol. The van der Waals surface area contributed by atoms with E-state index in [2.05, 4.69) is 30.8 Å². The van der Waals surface area contributed by atoms with Gasteiger partial charge in [-0.1, -0.05) is 5.16 Å². The lowest BCUT2D eigenvalue weighted by Gasteiger charge is -2.26. The molecule has 0 atom stereocenters. The number of piperazine rings is 1. The molecule has 0 amide bonds. The fourth-order valence-electron chi connectivity index (χ4n) is 1.85. The van der Waals surface area contributed by atoms with E-state index in [0.29, 0.717) is 18.2 Å². The van der Waals surface area contributed by atoms with Crippen molar-refractivity contribution in [1.29, 1.82) is 0 Å². The molecule has 0 aliphatic carbocycles. The molecular formula is C12H19N7O3. The minimum absolute atomic E-state index is 0.0430. The number of rotatable bonds is 6. The summed E-state index contributed by atoms with van der Waals surface area (Å²) in [5.41, 5.74) is 5.73. The Bertz CT molecular complexity index is 549. The van der Waals surface area contributed by atoms with Crippen molar-refractivity contribution in [2.75, 3.05) is 44.2 Å². The van der Waals surface area contributed by atoms with Gasteiger partial charge in [0.15, 0.2) is 18.2 Å². The molecule has 1 aliphatic heterocycles. The summed E-state index contributed by atoms with van der Waals surface area (Å²) >= 11 is 0. The second kappa shape index (κ2) is 8.08. The van der Waals surface area contributed by atoms with Gasteiger partial charge in [0, 0.05) is 32.2 Å². The number of carbonyl (C=O) groups is 1. The van der Waals surface area contributed by atoms with Crippen molar-refractivity contribution < 1.29 is 14.1 Å². The molecule has 1 fully saturated rings. The van der Waals surface area contributed by atoms with Crippen molar-refractivity contribution in [1.82, 2.24) is 10.5 Å². The molecule has 1 aliphatic rings. The van der Waals surface area contributed by atoms with Gasteiger partial charge in [-0.2, -0.15) is 5.11 Å². The van der Waals surface area contributed by atoms with Crippen LogP contribution in [0.15, 0.2) is 26.0 Å². The van der Waals surface area contributed by atoms with Crippen LogP contribution >= 0.6 is 0 Å². The SMILES string of the molecule is CCOC(=O)CN=N/N=C(\N)c1cc(N2CCNCC2)no1. The van der Waals surface area contributed by atoms with Gasteiger partial charge in [-0.15, -0.1) is 5.10 Å². The van der Waals surface area contributed by atoms with Crippen LogP contribution in [0, 0.1) is 0 Å². The smallest absolute Gasteiger partial charge is 0.329 e. The highest BCUT2D eigenvalue weighted by molar-refractivity contribution is 5.95. The molecule has 0 radical (unpaired) electrons. The van der Waals surface area contributed by atoms with Gasteiger partial charge < -0.3 is 25.2 Å². The molecule has 1 aromatic rings. The van der Waals surface area contributed by atoms with Gasteiger partial charge in [-0.25, -0.2) is 4.79 Å². The number of hydrogen-bond donors (Lipinski definition) is 2. The molecule has 2 rings (SSSR count). The minimum atomic E-state index is -0.472. The molecule has 0 unspecified atom stereocenters. The second-order valence-electron chi connectivity index (χ2n) is 4.47. The number of anilines is 1. The molecular weight excluding hydrogens is 290 g/mol. The third kappa shape index (κ3) is 4.52. The summed E-state index contributed by atoms with van der Waals surface area (Å²) in [4.78, 5) is 13.1. The van der Waals surface area contributed by atoms with Crippen LogP contribution in [0.25, 0.3) is 0 Å². The summed E-state index contributed by atoms with van der Waals surface area (Å²) in [6, 6.07) is 1.70. The predicted molar refractivity (Wildman–Crippen MR) is 78.7 cm³/mol. The largest absolute Gasteiger partial charge is 0.465 e. The first-order chi connectivity index (χ1) is 10.7. The van der Waals surface area contributed by atoms with Gasteiger partial charge in [0.2, 0.25) is 5.76 Å². The molecule has 10 heteroatoms. The molecule has 0 saturated carbocycles. The van der Waals surface area contributed by atoms with Gasteiger partial charge in [0.25, 0.3) is 0 Å². The van der Waals surface area contributed by atoms with Gasteiger partial charge >= 0.3 is 5.97 Å². The topological polar surface area (TPSA) is 131 Å². The molecule has 120 valence electrons. The van der Waals surface area contributed by atoms with Gasteiger partial charge in [0.05, 0.1) is 6.61 Å². The Balaban J connectivity index is 1.90. The van der Waals surface area contributed by atoms with Gasteiger partial charge in [0.1, 0.15) is 0 Å². The first kappa shape index (κ1) is 15.9. The van der Waals surface area contributed by atoms with Crippen LogP contribution < -0.4 is 16.0 Å². The van der Waals surface area contributed by atoms with Gasteiger partial charge in [-0.3, -0.25) is 0 Å². The van der Waals surface area contributed by atoms with Crippen LogP contribution in [0.1, 0.15) is 12.7 Å². The normalized spacial score (nSPS) is 16.2. The Kier molecular flexibility index (Phi) is 5.83. The molecule has 3 N–H and O–H groups in total. The minimum Gasteiger partial charge on any atom is -0.465 e. The summed E-state index contributed by atoms with van der Waals surface area (Å²) in [6.45, 7) is 5.30. The van der Waals surface area contributed by atoms with Crippen LogP contribution in [0.5, 0.6) is 0 Å². The van der Waals surface area contributed by atoms with E-state index in [4.69, 9.17) is 15.0 Å². The predicted octanol–water partition coefficient (Wildman–Crippen LogP) is -0.280. The molecule has 0 aromatic carbocycles. The quantitative estimate of drug-likeness (QED) is 0.243. The number of hydrogen-bond acceptors (Lipinski definition) is 8. The second-order valence-corrected chi connectivity index (χ2v) is 4.47. The van der Waals surface area contributed by atoms with Crippen LogP contribution in [0.3, 0.4) is 0 Å². The highest BCUT2D eigenvalue weighted by atomic mass is 16.5. The van der Waals surface area contributed by atoms with E-state index in [1.807, 2.05) is 0 Å². The number of ether oxygens (including phenoxy) is 1. The van der Waals surface area contributed by atoms with Crippen molar-refractivity contribution in [2.24, 2.45) is 21.2 Å². The molecule has 1 saturated heterocycles. The summed E-state index contributed by atoms with van der Waals surface area (Å²) in [7, 11) is 0. The Morgan fingerprint density at radius 3 is 3.05 bits per heavy atom. The van der Waals surface area contributed by atoms with E-state index in [-0.39, 0.29) is 12.4 Å². The fourth-order valence-corrected chi connectivity index (χ4v) is 1.85. The van der Waals surface area contributed by atoms with E-state index in [0.717, 1.165) is 26.2 Å². The van der Waals surface area contributed by atoms with Crippen LogP contribution in [-0.4, -0.2) is 56.3 Å². The first-order valence-electron chi connectivity index (χ1n) is 6.99. The molecule has 0 bridgehead atoms. The molecule has 1 aromatic heterocycles. The lowest BCUT2D eigenvalue weighted by Crippen LogP contribution is -2.43. The number of carbonyl (C=O) groups excluding carboxylic acids is 1. The molecule has 22 heavy (non-hydrogen) atoms. The summed E-state index contributed by atoms with van der Waals surface area (Å²) in [6.07, 6.45) is 0. The van der Waals surface area contributed by atoms with E-state index in [9.17, 15) is 4.79 Å². The number of nitrogens with two attached hydrogens (primary N) is 1. The maximum Gasteiger partial charge on any atom is 0.329 e. The first-order valence-corrected chi connectivity index (χ1v) is 6.99. The van der Waals surface area contributed by atoms with E-state index >= 15 is 0 Å². The number of aromatic nitrogens is 1. The van der Waals surface area contributed by atoms with Crippen LogP contribution in [0.2, 0.25) is 0 Å². The lowest BCUT2D eigenvalue weighted by molar-refractivity contribution is -0.141. The van der Waals surface area contributed by atoms with E-state index in [1.54, 1.807) is 13.0 Å². The lowest BCUT2D eigenvalue weighted by atomic mass is 10.3. The van der Waals surface area contributed by atoms with Crippen molar-refractivity contribution >= 4 is 17.6 Å². The highest BCUT2D eigenvalue weighted by Crippen LogP contribution is 2.14. The third-order valence-electron chi connectivity index (χ3n) is 2.91. The van der Waals surface area contributed by atoms with Crippen molar-refractivity contribution in [3.05, 3.63) is 11.8 Å². The Labute approximate surface area is 127 Å². The van der Waals surface area contributed by atoms with Crippen molar-refractivity contribution in [3.8, 4) is 0 Å². The average Bonchev–Trinajstić information content (AvgIpc) is 3.02. The zero-order valence-corrected chi connectivity index (χ0v) is 12.4. The van der Waals surface area contributed by atoms with Gasteiger partial charge in [-0.05, 0) is 12.1 Å². The Hall–Kier alpha value is -2.49. The summed E-state index contributed by atoms with van der Waals surface area (Å²) < 4.78 is 9.83. The summed E-state index contributed by atoms with van der Waals surface area (Å²) in [5.74, 6) is 0.587. The average molecular weight is 309 g/mol.